The van der Waals surface area contributed by atoms with Crippen LogP contribution in [0, 0.1) is 5.92 Å². The summed E-state index contributed by atoms with van der Waals surface area (Å²) in [7, 11) is 1.64. The molecule has 156 valence electrons. The normalized spacial score (nSPS) is 11.9. The van der Waals surface area contributed by atoms with Crippen LogP contribution < -0.4 is 15.4 Å². The van der Waals surface area contributed by atoms with Crippen molar-refractivity contribution >= 4 is 38.5 Å². The fourth-order valence-electron chi connectivity index (χ4n) is 3.21. The molecule has 0 heterocycles. The largest absolute Gasteiger partial charge is 0.497 e. The molecule has 0 radical (unpaired) electrons. The summed E-state index contributed by atoms with van der Waals surface area (Å²) in [6, 6.07) is 18.4. The van der Waals surface area contributed by atoms with Gasteiger partial charge in [-0.3, -0.25) is 9.59 Å². The van der Waals surface area contributed by atoms with Gasteiger partial charge in [0, 0.05) is 11.0 Å². The number of carbonyl (C=O) groups is 2. The van der Waals surface area contributed by atoms with Gasteiger partial charge in [-0.1, -0.05) is 44.2 Å². The molecule has 1 atom stereocenters. The molecule has 0 aliphatic heterocycles. The molecule has 0 bridgehead atoms. The topological polar surface area (TPSA) is 67.4 Å². The summed E-state index contributed by atoms with van der Waals surface area (Å²) in [5, 5.41) is 7.95. The molecule has 1 unspecified atom stereocenters. The van der Waals surface area contributed by atoms with Crippen molar-refractivity contribution in [3.63, 3.8) is 0 Å². The molecule has 30 heavy (non-hydrogen) atoms. The molecule has 2 N–H and O–H groups in total. The fraction of sp³-hybridized carbons (Fsp3) is 0.250. The number of halogens is 1. The SMILES string of the molecule is COc1ccc2cc(CNC(=O)C(NC(=O)c3ccccc3Br)C(C)C)ccc2c1. The van der Waals surface area contributed by atoms with Crippen LogP contribution >= 0.6 is 15.9 Å². The Labute approximate surface area is 184 Å². The second-order valence-electron chi connectivity index (χ2n) is 7.44. The molecule has 0 spiro atoms. The highest BCUT2D eigenvalue weighted by molar-refractivity contribution is 9.10. The number of rotatable bonds is 7. The molecule has 3 rings (SSSR count). The zero-order chi connectivity index (χ0) is 21.7. The Kier molecular flexibility index (Phi) is 7.11. The van der Waals surface area contributed by atoms with Crippen molar-refractivity contribution in [2.24, 2.45) is 5.92 Å². The predicted molar refractivity (Wildman–Crippen MR) is 123 cm³/mol. The molecular weight excluding hydrogens is 444 g/mol. The zero-order valence-corrected chi connectivity index (χ0v) is 18.8. The Morgan fingerprint density at radius 3 is 2.40 bits per heavy atom. The molecule has 0 saturated heterocycles. The maximum absolute atomic E-state index is 12.8. The highest BCUT2D eigenvalue weighted by Gasteiger charge is 2.25. The molecule has 3 aromatic carbocycles. The molecule has 0 aromatic heterocycles. The summed E-state index contributed by atoms with van der Waals surface area (Å²) in [5.41, 5.74) is 1.49. The Bertz CT molecular complexity index is 1070. The first-order valence-corrected chi connectivity index (χ1v) is 10.6. The van der Waals surface area contributed by atoms with Crippen LogP contribution in [-0.2, 0) is 11.3 Å². The van der Waals surface area contributed by atoms with E-state index in [-0.39, 0.29) is 17.7 Å². The number of methoxy groups -OCH3 is 1. The van der Waals surface area contributed by atoms with Gasteiger partial charge in [-0.2, -0.15) is 0 Å². The molecule has 0 fully saturated rings. The van der Waals surface area contributed by atoms with Crippen LogP contribution in [0.3, 0.4) is 0 Å². The van der Waals surface area contributed by atoms with Crippen molar-refractivity contribution in [3.05, 3.63) is 76.3 Å². The van der Waals surface area contributed by atoms with Crippen LogP contribution in [0.2, 0.25) is 0 Å². The van der Waals surface area contributed by atoms with E-state index in [4.69, 9.17) is 4.74 Å². The van der Waals surface area contributed by atoms with E-state index in [0.29, 0.717) is 16.6 Å². The minimum atomic E-state index is -0.630. The monoisotopic (exact) mass is 468 g/mol. The Balaban J connectivity index is 1.67. The zero-order valence-electron chi connectivity index (χ0n) is 17.2. The van der Waals surface area contributed by atoms with Gasteiger partial charge in [-0.05, 0) is 68.5 Å². The number of nitrogens with one attached hydrogen (secondary N) is 2. The standard InChI is InChI=1S/C24H25BrN2O3/c1-15(2)22(27-23(28)20-6-4-5-7-21(20)25)24(29)26-14-16-8-9-18-13-19(30-3)11-10-17(18)12-16/h4-13,15,22H,14H2,1-3H3,(H,26,29)(H,27,28). The van der Waals surface area contributed by atoms with Crippen molar-refractivity contribution < 1.29 is 14.3 Å². The van der Waals surface area contributed by atoms with E-state index in [9.17, 15) is 9.59 Å². The smallest absolute Gasteiger partial charge is 0.253 e. The lowest BCUT2D eigenvalue weighted by Crippen LogP contribution is -2.49. The summed E-state index contributed by atoms with van der Waals surface area (Å²) < 4.78 is 5.95. The average Bonchev–Trinajstić information content (AvgIpc) is 2.75. The number of hydrogen-bond donors (Lipinski definition) is 2. The maximum atomic E-state index is 12.8. The molecule has 0 aliphatic rings. The van der Waals surface area contributed by atoms with Gasteiger partial charge >= 0.3 is 0 Å². The number of fused-ring (bicyclic) bond motifs is 1. The van der Waals surface area contributed by atoms with E-state index >= 15 is 0 Å². The number of amides is 2. The van der Waals surface area contributed by atoms with Crippen LogP contribution in [0.25, 0.3) is 10.8 Å². The van der Waals surface area contributed by atoms with E-state index in [0.717, 1.165) is 22.1 Å². The van der Waals surface area contributed by atoms with Crippen LogP contribution in [0.5, 0.6) is 5.75 Å². The highest BCUT2D eigenvalue weighted by Crippen LogP contribution is 2.22. The number of hydrogen-bond acceptors (Lipinski definition) is 3. The van der Waals surface area contributed by atoms with Gasteiger partial charge in [0.2, 0.25) is 5.91 Å². The molecular formula is C24H25BrN2O3. The van der Waals surface area contributed by atoms with Gasteiger partial charge < -0.3 is 15.4 Å². The van der Waals surface area contributed by atoms with Gasteiger partial charge in [0.05, 0.1) is 12.7 Å². The maximum Gasteiger partial charge on any atom is 0.253 e. The van der Waals surface area contributed by atoms with E-state index in [1.807, 2.05) is 56.3 Å². The predicted octanol–water partition coefficient (Wildman–Crippen LogP) is 4.68. The van der Waals surface area contributed by atoms with E-state index < -0.39 is 6.04 Å². The lowest BCUT2D eigenvalue weighted by atomic mass is 10.0. The first-order valence-electron chi connectivity index (χ1n) is 9.79. The van der Waals surface area contributed by atoms with Crippen LogP contribution in [0.4, 0.5) is 0 Å². The second kappa shape index (κ2) is 9.76. The van der Waals surface area contributed by atoms with Gasteiger partial charge in [0.1, 0.15) is 11.8 Å². The average molecular weight is 469 g/mol. The van der Waals surface area contributed by atoms with Crippen LogP contribution in [0.15, 0.2) is 65.1 Å². The molecule has 2 amide bonds. The Morgan fingerprint density at radius 2 is 1.70 bits per heavy atom. The third-order valence-corrected chi connectivity index (χ3v) is 5.62. The van der Waals surface area contributed by atoms with Crippen LogP contribution in [-0.4, -0.2) is 25.0 Å². The minimum absolute atomic E-state index is 0.0551. The molecule has 0 saturated carbocycles. The number of benzene rings is 3. The van der Waals surface area contributed by atoms with E-state index in [2.05, 4.69) is 26.6 Å². The summed E-state index contributed by atoms with van der Waals surface area (Å²) >= 11 is 3.38. The van der Waals surface area contributed by atoms with Gasteiger partial charge in [0.15, 0.2) is 0 Å². The third-order valence-electron chi connectivity index (χ3n) is 4.93. The number of carbonyl (C=O) groups excluding carboxylic acids is 2. The first-order chi connectivity index (χ1) is 14.4. The molecule has 6 heteroatoms. The van der Waals surface area contributed by atoms with Crippen molar-refractivity contribution in [2.45, 2.75) is 26.4 Å². The Hall–Kier alpha value is -2.86. The minimum Gasteiger partial charge on any atom is -0.497 e. The highest BCUT2D eigenvalue weighted by atomic mass is 79.9. The number of ether oxygens (including phenoxy) is 1. The summed E-state index contributed by atoms with van der Waals surface area (Å²) in [6.45, 7) is 4.21. The summed E-state index contributed by atoms with van der Waals surface area (Å²) in [6.07, 6.45) is 0. The quantitative estimate of drug-likeness (QED) is 0.528. The van der Waals surface area contributed by atoms with E-state index in [1.54, 1.807) is 25.3 Å². The lowest BCUT2D eigenvalue weighted by molar-refractivity contribution is -0.124. The Morgan fingerprint density at radius 1 is 1.00 bits per heavy atom. The van der Waals surface area contributed by atoms with Gasteiger partial charge in [-0.25, -0.2) is 0 Å². The van der Waals surface area contributed by atoms with Crippen molar-refractivity contribution in [1.82, 2.24) is 10.6 Å². The summed E-state index contributed by atoms with van der Waals surface area (Å²) in [4.78, 5) is 25.4. The van der Waals surface area contributed by atoms with Crippen molar-refractivity contribution in [2.75, 3.05) is 7.11 Å². The van der Waals surface area contributed by atoms with Gasteiger partial charge in [-0.15, -0.1) is 0 Å². The summed E-state index contributed by atoms with van der Waals surface area (Å²) in [5.74, 6) is 0.265. The molecule has 5 nitrogen and oxygen atoms in total. The lowest BCUT2D eigenvalue weighted by Gasteiger charge is -2.22. The van der Waals surface area contributed by atoms with Crippen molar-refractivity contribution in [1.29, 1.82) is 0 Å². The van der Waals surface area contributed by atoms with Crippen LogP contribution in [0.1, 0.15) is 29.8 Å². The third kappa shape index (κ3) is 5.19. The van der Waals surface area contributed by atoms with Gasteiger partial charge in [0.25, 0.3) is 5.91 Å². The first kappa shape index (κ1) is 21.8. The molecule has 0 aliphatic carbocycles. The molecule has 3 aromatic rings. The van der Waals surface area contributed by atoms with E-state index in [1.165, 1.54) is 0 Å². The van der Waals surface area contributed by atoms with Crippen molar-refractivity contribution in [3.8, 4) is 5.75 Å². The second-order valence-corrected chi connectivity index (χ2v) is 8.29. The fourth-order valence-corrected chi connectivity index (χ4v) is 3.67.